The first-order valence-electron chi connectivity index (χ1n) is 7.23. The zero-order valence-corrected chi connectivity index (χ0v) is 11.8. The highest BCUT2D eigenvalue weighted by Crippen LogP contribution is 2.34. The molecule has 2 bridgehead atoms. The fraction of sp³-hybridized carbons (Fsp3) is 0.846. The van der Waals surface area contributed by atoms with Crippen LogP contribution < -0.4 is 9.47 Å². The van der Waals surface area contributed by atoms with Crippen molar-refractivity contribution in [3.05, 3.63) is 0 Å². The van der Waals surface area contributed by atoms with E-state index in [1.807, 2.05) is 0 Å². The monoisotopic (exact) mass is 281 g/mol. The topological polar surface area (TPSA) is 47.5 Å². The van der Waals surface area contributed by atoms with Crippen molar-refractivity contribution in [3.8, 4) is 11.8 Å². The SMILES string of the molecule is C1CC(COc2nsnc2OC2CN3CCC2C3)C1. The number of hydrogen-bond acceptors (Lipinski definition) is 6. The highest BCUT2D eigenvalue weighted by molar-refractivity contribution is 6.99. The van der Waals surface area contributed by atoms with Crippen LogP contribution >= 0.6 is 11.7 Å². The van der Waals surface area contributed by atoms with E-state index in [-0.39, 0.29) is 6.10 Å². The summed E-state index contributed by atoms with van der Waals surface area (Å²) < 4.78 is 20.3. The molecular formula is C13H19N3O2S. The molecule has 5 nitrogen and oxygen atoms in total. The molecule has 3 atom stereocenters. The van der Waals surface area contributed by atoms with Gasteiger partial charge in [-0.05, 0) is 31.7 Å². The Morgan fingerprint density at radius 1 is 1.16 bits per heavy atom. The number of piperidine rings is 1. The maximum atomic E-state index is 6.03. The van der Waals surface area contributed by atoms with Gasteiger partial charge in [0, 0.05) is 19.0 Å². The molecule has 1 aromatic heterocycles. The van der Waals surface area contributed by atoms with Crippen LogP contribution in [0.25, 0.3) is 0 Å². The Hall–Kier alpha value is -0.880. The summed E-state index contributed by atoms with van der Waals surface area (Å²) >= 11 is 1.18. The van der Waals surface area contributed by atoms with Crippen molar-refractivity contribution in [2.24, 2.45) is 11.8 Å². The maximum Gasteiger partial charge on any atom is 0.291 e. The first kappa shape index (κ1) is 11.9. The predicted octanol–water partition coefficient (Wildman–Crippen LogP) is 1.80. The minimum atomic E-state index is 0.281. The Bertz CT molecular complexity index is 449. The Kier molecular flexibility index (Phi) is 3.07. The van der Waals surface area contributed by atoms with Crippen LogP contribution in [0.1, 0.15) is 25.7 Å². The van der Waals surface area contributed by atoms with Gasteiger partial charge in [0.25, 0.3) is 11.8 Å². The number of aromatic nitrogens is 2. The average molecular weight is 281 g/mol. The molecule has 0 radical (unpaired) electrons. The smallest absolute Gasteiger partial charge is 0.291 e. The molecule has 3 fully saturated rings. The summed E-state index contributed by atoms with van der Waals surface area (Å²) in [6.07, 6.45) is 5.44. The van der Waals surface area contributed by atoms with Crippen LogP contribution in [0, 0.1) is 11.8 Å². The minimum Gasteiger partial charge on any atom is -0.473 e. The van der Waals surface area contributed by atoms with Crippen molar-refractivity contribution in [1.29, 1.82) is 0 Å². The van der Waals surface area contributed by atoms with Gasteiger partial charge < -0.3 is 9.47 Å². The molecule has 1 aliphatic carbocycles. The molecule has 1 saturated carbocycles. The minimum absolute atomic E-state index is 0.281. The number of fused-ring (bicyclic) bond motifs is 2. The highest BCUT2D eigenvalue weighted by atomic mass is 32.1. The van der Waals surface area contributed by atoms with E-state index in [0.29, 0.717) is 23.6 Å². The number of ether oxygens (including phenoxy) is 2. The fourth-order valence-electron chi connectivity index (χ4n) is 3.20. The van der Waals surface area contributed by atoms with Crippen LogP contribution in [0.5, 0.6) is 11.8 Å². The van der Waals surface area contributed by atoms with Gasteiger partial charge in [-0.3, -0.25) is 4.90 Å². The van der Waals surface area contributed by atoms with Gasteiger partial charge in [0.05, 0.1) is 18.3 Å². The molecule has 3 heterocycles. The van der Waals surface area contributed by atoms with Crippen molar-refractivity contribution in [2.45, 2.75) is 31.8 Å². The van der Waals surface area contributed by atoms with Gasteiger partial charge in [-0.2, -0.15) is 0 Å². The molecule has 19 heavy (non-hydrogen) atoms. The van der Waals surface area contributed by atoms with Crippen molar-refractivity contribution < 1.29 is 9.47 Å². The van der Waals surface area contributed by atoms with Gasteiger partial charge in [0.15, 0.2) is 0 Å². The van der Waals surface area contributed by atoms with Gasteiger partial charge in [0.2, 0.25) is 0 Å². The summed E-state index contributed by atoms with van der Waals surface area (Å²) in [5.74, 6) is 2.60. The van der Waals surface area contributed by atoms with Crippen LogP contribution in [-0.4, -0.2) is 46.0 Å². The van der Waals surface area contributed by atoms with Gasteiger partial charge >= 0.3 is 0 Å². The van der Waals surface area contributed by atoms with Gasteiger partial charge in [-0.25, -0.2) is 0 Å². The van der Waals surface area contributed by atoms with Crippen molar-refractivity contribution >= 4 is 11.7 Å². The first-order chi connectivity index (χ1) is 9.38. The van der Waals surface area contributed by atoms with Crippen LogP contribution in [0.4, 0.5) is 0 Å². The summed E-state index contributed by atoms with van der Waals surface area (Å²) in [5.41, 5.74) is 0. The standard InChI is InChI=1S/C13H19N3O2S/c1-2-9(3-1)8-17-12-13(15-19-14-12)18-11-7-16-5-4-10(11)6-16/h9-11H,1-8H2. The Labute approximate surface area is 117 Å². The van der Waals surface area contributed by atoms with E-state index in [1.165, 1.54) is 50.5 Å². The molecule has 104 valence electrons. The van der Waals surface area contributed by atoms with E-state index < -0.39 is 0 Å². The zero-order valence-electron chi connectivity index (χ0n) is 11.0. The van der Waals surface area contributed by atoms with Crippen LogP contribution in [0.2, 0.25) is 0 Å². The highest BCUT2D eigenvalue weighted by Gasteiger charge is 2.40. The number of hydrogen-bond donors (Lipinski definition) is 0. The van der Waals surface area contributed by atoms with E-state index in [9.17, 15) is 0 Å². The van der Waals surface area contributed by atoms with E-state index in [4.69, 9.17) is 9.47 Å². The third kappa shape index (κ3) is 2.31. The first-order valence-corrected chi connectivity index (χ1v) is 7.96. The molecule has 3 unspecified atom stereocenters. The molecule has 4 rings (SSSR count). The second kappa shape index (κ2) is 4.90. The molecule has 6 heteroatoms. The number of nitrogens with zero attached hydrogens (tertiary/aromatic N) is 3. The summed E-state index contributed by atoms with van der Waals surface area (Å²) in [5, 5.41) is 0. The lowest BCUT2D eigenvalue weighted by Gasteiger charge is -2.25. The fourth-order valence-corrected chi connectivity index (χ4v) is 3.64. The van der Waals surface area contributed by atoms with Gasteiger partial charge in [-0.15, -0.1) is 8.75 Å². The van der Waals surface area contributed by atoms with Crippen LogP contribution in [0.3, 0.4) is 0 Å². The van der Waals surface area contributed by atoms with E-state index in [1.54, 1.807) is 0 Å². The molecule has 0 amide bonds. The third-order valence-electron chi connectivity index (χ3n) is 4.65. The molecule has 0 N–H and O–H groups in total. The Balaban J connectivity index is 1.36. The molecule has 1 aromatic rings. The van der Waals surface area contributed by atoms with Crippen molar-refractivity contribution in [3.63, 3.8) is 0 Å². The molecule has 3 aliphatic rings. The van der Waals surface area contributed by atoms with Crippen molar-refractivity contribution in [1.82, 2.24) is 13.6 Å². The quantitative estimate of drug-likeness (QED) is 0.823. The summed E-state index contributed by atoms with van der Waals surface area (Å²) in [6, 6.07) is 0. The lowest BCUT2D eigenvalue weighted by molar-refractivity contribution is 0.122. The maximum absolute atomic E-state index is 6.03. The summed E-state index contributed by atoms with van der Waals surface area (Å²) in [4.78, 5) is 2.46. The molecule has 2 aliphatic heterocycles. The second-order valence-electron chi connectivity index (χ2n) is 5.95. The van der Waals surface area contributed by atoms with Crippen LogP contribution in [-0.2, 0) is 0 Å². The third-order valence-corrected chi connectivity index (χ3v) is 5.14. The van der Waals surface area contributed by atoms with E-state index >= 15 is 0 Å². The second-order valence-corrected chi connectivity index (χ2v) is 6.48. The predicted molar refractivity (Wildman–Crippen MR) is 71.7 cm³/mol. The van der Waals surface area contributed by atoms with Gasteiger partial charge in [0.1, 0.15) is 6.10 Å². The zero-order chi connectivity index (χ0) is 12.7. The van der Waals surface area contributed by atoms with Gasteiger partial charge in [-0.1, -0.05) is 6.42 Å². The molecule has 0 aromatic carbocycles. The average Bonchev–Trinajstić information content (AvgIpc) is 3.04. The molecular weight excluding hydrogens is 262 g/mol. The summed E-state index contributed by atoms with van der Waals surface area (Å²) in [7, 11) is 0. The summed E-state index contributed by atoms with van der Waals surface area (Å²) in [6.45, 7) is 4.21. The largest absolute Gasteiger partial charge is 0.473 e. The van der Waals surface area contributed by atoms with E-state index in [0.717, 1.165) is 13.2 Å². The van der Waals surface area contributed by atoms with E-state index in [2.05, 4.69) is 13.6 Å². The lowest BCUT2D eigenvalue weighted by atomic mass is 9.86. The lowest BCUT2D eigenvalue weighted by Crippen LogP contribution is -2.32. The van der Waals surface area contributed by atoms with Crippen LogP contribution in [0.15, 0.2) is 0 Å². The van der Waals surface area contributed by atoms with Crippen molar-refractivity contribution in [2.75, 3.05) is 26.2 Å². The number of rotatable bonds is 5. The molecule has 2 saturated heterocycles. The molecule has 0 spiro atoms. The normalized spacial score (nSPS) is 33.4. The Morgan fingerprint density at radius 3 is 2.74 bits per heavy atom. The Morgan fingerprint density at radius 2 is 2.05 bits per heavy atom.